The monoisotopic (exact) mass is 363 g/mol. The number of halogens is 1. The molecule has 5 heteroatoms. The Bertz CT molecular complexity index is 1010. The molecule has 0 amide bonds. The first-order chi connectivity index (χ1) is 13.2. The number of pyridine rings is 1. The van der Waals surface area contributed by atoms with Crippen molar-refractivity contribution in [1.29, 1.82) is 0 Å². The second-order valence-electron chi connectivity index (χ2n) is 6.70. The molecule has 3 aromatic rings. The van der Waals surface area contributed by atoms with Gasteiger partial charge >= 0.3 is 0 Å². The van der Waals surface area contributed by atoms with E-state index in [0.29, 0.717) is 0 Å². The number of nitrogens with one attached hydrogen (secondary N) is 1. The lowest BCUT2D eigenvalue weighted by atomic mass is 10.1. The molecule has 0 aliphatic carbocycles. The fourth-order valence-corrected chi connectivity index (χ4v) is 3.40. The Morgan fingerprint density at radius 1 is 1.30 bits per heavy atom. The SMILES string of the molecule is COc1ccc(/C=C/C2=CCN(Cc3c[nH]c4ncccc34)CC2)cc1F. The molecule has 0 bridgehead atoms. The summed E-state index contributed by atoms with van der Waals surface area (Å²) in [7, 11) is 1.47. The summed E-state index contributed by atoms with van der Waals surface area (Å²) < 4.78 is 18.7. The number of nitrogens with zero attached hydrogens (tertiary/aromatic N) is 2. The minimum atomic E-state index is -0.336. The highest BCUT2D eigenvalue weighted by molar-refractivity contribution is 5.79. The number of ether oxygens (including phenoxy) is 1. The summed E-state index contributed by atoms with van der Waals surface area (Å²) in [6.07, 6.45) is 11.1. The van der Waals surface area contributed by atoms with Gasteiger partial charge in [-0.1, -0.05) is 24.3 Å². The van der Waals surface area contributed by atoms with Gasteiger partial charge in [-0.2, -0.15) is 0 Å². The fourth-order valence-electron chi connectivity index (χ4n) is 3.40. The standard InChI is InChI=1S/C22H22FN3O/c1-27-21-7-6-17(13-20(21)23)5-4-16-8-11-26(12-9-16)15-18-14-25-22-19(18)3-2-10-24-22/h2-8,10,13-14H,9,11-12,15H2,1H3,(H,24,25)/b5-4+. The number of benzene rings is 1. The molecular formula is C22H22FN3O. The van der Waals surface area contributed by atoms with Crippen LogP contribution in [0.2, 0.25) is 0 Å². The molecular weight excluding hydrogens is 341 g/mol. The maximum Gasteiger partial charge on any atom is 0.165 e. The van der Waals surface area contributed by atoms with E-state index in [1.807, 2.05) is 18.2 Å². The number of rotatable bonds is 5. The topological polar surface area (TPSA) is 41.1 Å². The predicted molar refractivity (Wildman–Crippen MR) is 106 cm³/mol. The third-order valence-corrected chi connectivity index (χ3v) is 4.92. The van der Waals surface area contributed by atoms with E-state index in [0.717, 1.165) is 37.3 Å². The maximum atomic E-state index is 13.8. The number of hydrogen-bond acceptors (Lipinski definition) is 3. The molecule has 0 saturated carbocycles. The van der Waals surface area contributed by atoms with Crippen LogP contribution in [0.15, 0.2) is 60.5 Å². The molecule has 4 nitrogen and oxygen atoms in total. The van der Waals surface area contributed by atoms with Crippen LogP contribution in [0, 0.1) is 5.82 Å². The van der Waals surface area contributed by atoms with Crippen molar-refractivity contribution < 1.29 is 9.13 Å². The maximum absolute atomic E-state index is 13.8. The lowest BCUT2D eigenvalue weighted by Gasteiger charge is -2.25. The summed E-state index contributed by atoms with van der Waals surface area (Å²) in [5, 5.41) is 1.19. The smallest absolute Gasteiger partial charge is 0.165 e. The molecule has 0 spiro atoms. The van der Waals surface area contributed by atoms with Gasteiger partial charge in [-0.25, -0.2) is 9.37 Å². The van der Waals surface area contributed by atoms with Crippen molar-refractivity contribution in [1.82, 2.24) is 14.9 Å². The molecule has 3 heterocycles. The highest BCUT2D eigenvalue weighted by Crippen LogP contribution is 2.22. The molecule has 1 aliphatic rings. The van der Waals surface area contributed by atoms with Gasteiger partial charge in [0.15, 0.2) is 11.6 Å². The van der Waals surface area contributed by atoms with Gasteiger partial charge in [0, 0.05) is 37.4 Å². The van der Waals surface area contributed by atoms with Crippen molar-refractivity contribution in [3.8, 4) is 5.75 Å². The summed E-state index contributed by atoms with van der Waals surface area (Å²) in [5.74, 6) is -0.0659. The highest BCUT2D eigenvalue weighted by atomic mass is 19.1. The first kappa shape index (κ1) is 17.5. The van der Waals surface area contributed by atoms with Gasteiger partial charge in [0.2, 0.25) is 0 Å². The van der Waals surface area contributed by atoms with Crippen molar-refractivity contribution in [2.45, 2.75) is 13.0 Å². The quantitative estimate of drug-likeness (QED) is 0.723. The number of H-pyrrole nitrogens is 1. The van der Waals surface area contributed by atoms with E-state index in [2.05, 4.69) is 39.3 Å². The van der Waals surface area contributed by atoms with Crippen molar-refractivity contribution in [2.24, 2.45) is 0 Å². The molecule has 4 rings (SSSR count). The van der Waals surface area contributed by atoms with Crippen LogP contribution in [-0.4, -0.2) is 35.1 Å². The van der Waals surface area contributed by atoms with E-state index in [4.69, 9.17) is 4.74 Å². The lowest BCUT2D eigenvalue weighted by molar-refractivity contribution is 0.288. The Hall–Kier alpha value is -2.92. The summed E-state index contributed by atoms with van der Waals surface area (Å²) in [5.41, 5.74) is 4.33. The summed E-state index contributed by atoms with van der Waals surface area (Å²) in [4.78, 5) is 10.00. The molecule has 0 saturated heterocycles. The predicted octanol–water partition coefficient (Wildman–Crippen LogP) is 4.56. The highest BCUT2D eigenvalue weighted by Gasteiger charge is 2.13. The number of aromatic nitrogens is 2. The molecule has 1 N–H and O–H groups in total. The third kappa shape index (κ3) is 3.93. The Kier molecular flexibility index (Phi) is 5.03. The number of aromatic amines is 1. The summed E-state index contributed by atoms with van der Waals surface area (Å²) in [6.45, 7) is 2.81. The summed E-state index contributed by atoms with van der Waals surface area (Å²) in [6, 6.07) is 9.09. The minimum Gasteiger partial charge on any atom is -0.494 e. The average molecular weight is 363 g/mol. The van der Waals surface area contributed by atoms with Gasteiger partial charge in [0.25, 0.3) is 0 Å². The molecule has 138 valence electrons. The minimum absolute atomic E-state index is 0.271. The van der Waals surface area contributed by atoms with Crippen LogP contribution < -0.4 is 4.74 Å². The zero-order valence-electron chi connectivity index (χ0n) is 15.3. The number of fused-ring (bicyclic) bond motifs is 1. The zero-order chi connectivity index (χ0) is 18.6. The molecule has 0 radical (unpaired) electrons. The molecule has 0 fully saturated rings. The Morgan fingerprint density at radius 3 is 3.00 bits per heavy atom. The normalized spacial score (nSPS) is 15.4. The number of allylic oxidation sites excluding steroid dienone is 1. The molecule has 27 heavy (non-hydrogen) atoms. The molecule has 0 atom stereocenters. The lowest BCUT2D eigenvalue weighted by Crippen LogP contribution is -2.27. The first-order valence-corrected chi connectivity index (χ1v) is 9.07. The second-order valence-corrected chi connectivity index (χ2v) is 6.70. The van der Waals surface area contributed by atoms with Gasteiger partial charge in [-0.15, -0.1) is 0 Å². The van der Waals surface area contributed by atoms with Crippen LogP contribution in [-0.2, 0) is 6.54 Å². The van der Waals surface area contributed by atoms with Gasteiger partial charge < -0.3 is 9.72 Å². The third-order valence-electron chi connectivity index (χ3n) is 4.92. The van der Waals surface area contributed by atoms with Gasteiger partial charge in [-0.05, 0) is 47.4 Å². The number of hydrogen-bond donors (Lipinski definition) is 1. The van der Waals surface area contributed by atoms with Crippen LogP contribution in [0.25, 0.3) is 17.1 Å². The van der Waals surface area contributed by atoms with Crippen molar-refractivity contribution in [3.05, 3.63) is 77.4 Å². The molecule has 1 aromatic carbocycles. The van der Waals surface area contributed by atoms with Crippen molar-refractivity contribution in [2.75, 3.05) is 20.2 Å². The molecule has 1 aliphatic heterocycles. The first-order valence-electron chi connectivity index (χ1n) is 9.07. The van der Waals surface area contributed by atoms with Crippen molar-refractivity contribution in [3.63, 3.8) is 0 Å². The Balaban J connectivity index is 1.39. The Morgan fingerprint density at radius 2 is 2.22 bits per heavy atom. The van der Waals surface area contributed by atoms with E-state index < -0.39 is 0 Å². The van der Waals surface area contributed by atoms with Crippen LogP contribution in [0.3, 0.4) is 0 Å². The summed E-state index contributed by atoms with van der Waals surface area (Å²) >= 11 is 0. The van der Waals surface area contributed by atoms with Crippen LogP contribution in [0.5, 0.6) is 5.75 Å². The van der Waals surface area contributed by atoms with Crippen LogP contribution in [0.1, 0.15) is 17.5 Å². The van der Waals surface area contributed by atoms with Gasteiger partial charge in [-0.3, -0.25) is 4.90 Å². The Labute approximate surface area is 158 Å². The largest absolute Gasteiger partial charge is 0.494 e. The van der Waals surface area contributed by atoms with Gasteiger partial charge in [0.05, 0.1) is 7.11 Å². The second kappa shape index (κ2) is 7.76. The average Bonchev–Trinajstić information content (AvgIpc) is 3.10. The fraction of sp³-hybridized carbons (Fsp3) is 0.227. The van der Waals surface area contributed by atoms with E-state index in [1.165, 1.54) is 29.7 Å². The van der Waals surface area contributed by atoms with E-state index in [9.17, 15) is 4.39 Å². The molecule has 2 aromatic heterocycles. The van der Waals surface area contributed by atoms with Crippen molar-refractivity contribution >= 4 is 17.1 Å². The molecule has 0 unspecified atom stereocenters. The number of methoxy groups -OCH3 is 1. The van der Waals surface area contributed by atoms with Crippen LogP contribution >= 0.6 is 0 Å². The van der Waals surface area contributed by atoms with E-state index in [1.54, 1.807) is 12.3 Å². The van der Waals surface area contributed by atoms with Gasteiger partial charge in [0.1, 0.15) is 5.65 Å². The zero-order valence-corrected chi connectivity index (χ0v) is 15.3. The van der Waals surface area contributed by atoms with E-state index >= 15 is 0 Å². The van der Waals surface area contributed by atoms with E-state index in [-0.39, 0.29) is 11.6 Å². The van der Waals surface area contributed by atoms with Crippen LogP contribution in [0.4, 0.5) is 4.39 Å².